The molecule has 0 unspecified atom stereocenters. The fourth-order valence-corrected chi connectivity index (χ4v) is 3.61. The van der Waals surface area contributed by atoms with Crippen molar-refractivity contribution >= 4 is 5.69 Å². The van der Waals surface area contributed by atoms with Crippen molar-refractivity contribution in [3.8, 4) is 0 Å². The lowest BCUT2D eigenvalue weighted by Gasteiger charge is -2.55. The molecule has 3 rings (SSSR count). The van der Waals surface area contributed by atoms with Crippen LogP contribution < -0.4 is 4.90 Å². The molecule has 0 aromatic heterocycles. The number of rotatable bonds is 1. The van der Waals surface area contributed by atoms with Crippen molar-refractivity contribution in [2.24, 2.45) is 0 Å². The predicted molar refractivity (Wildman–Crippen MR) is 77.3 cm³/mol. The normalized spacial score (nSPS) is 23.2. The van der Waals surface area contributed by atoms with E-state index in [0.717, 1.165) is 0 Å². The lowest BCUT2D eigenvalue weighted by atomic mass is 9.77. The van der Waals surface area contributed by atoms with Crippen molar-refractivity contribution in [3.63, 3.8) is 0 Å². The van der Waals surface area contributed by atoms with E-state index in [1.165, 1.54) is 55.7 Å². The first kappa shape index (κ1) is 12.0. The van der Waals surface area contributed by atoms with Crippen LogP contribution in [0.15, 0.2) is 18.2 Å². The molecule has 0 radical (unpaired) electrons. The zero-order chi connectivity index (χ0) is 12.8. The summed E-state index contributed by atoms with van der Waals surface area (Å²) in [7, 11) is 2.29. The Morgan fingerprint density at radius 3 is 2.17 bits per heavy atom. The Kier molecular flexibility index (Phi) is 2.86. The number of aryl methyl sites for hydroxylation is 2. The molecule has 0 aliphatic carbocycles. The van der Waals surface area contributed by atoms with E-state index >= 15 is 0 Å². The van der Waals surface area contributed by atoms with Gasteiger partial charge in [0.25, 0.3) is 0 Å². The van der Waals surface area contributed by atoms with Gasteiger partial charge in [-0.05, 0) is 51.8 Å². The van der Waals surface area contributed by atoms with Gasteiger partial charge in [0.1, 0.15) is 0 Å². The van der Waals surface area contributed by atoms with Crippen molar-refractivity contribution in [2.75, 3.05) is 31.6 Å². The largest absolute Gasteiger partial charge is 0.371 e. The van der Waals surface area contributed by atoms with Gasteiger partial charge in [0, 0.05) is 30.9 Å². The molecule has 2 heteroatoms. The van der Waals surface area contributed by atoms with Gasteiger partial charge in [-0.2, -0.15) is 0 Å². The highest BCUT2D eigenvalue weighted by Gasteiger charge is 2.44. The summed E-state index contributed by atoms with van der Waals surface area (Å²) in [6.45, 7) is 8.14. The van der Waals surface area contributed by atoms with Gasteiger partial charge >= 0.3 is 0 Å². The Bertz CT molecular complexity index is 444. The third kappa shape index (κ3) is 1.83. The van der Waals surface area contributed by atoms with Crippen LogP contribution in [0, 0.1) is 13.8 Å². The number of anilines is 1. The van der Waals surface area contributed by atoms with E-state index in [0.29, 0.717) is 5.54 Å². The van der Waals surface area contributed by atoms with Gasteiger partial charge in [-0.1, -0.05) is 17.7 Å². The van der Waals surface area contributed by atoms with Crippen LogP contribution in [0.4, 0.5) is 5.69 Å². The molecule has 2 aliphatic heterocycles. The Hall–Kier alpha value is -1.02. The van der Waals surface area contributed by atoms with E-state index in [1.54, 1.807) is 0 Å². The molecule has 0 atom stereocenters. The summed E-state index contributed by atoms with van der Waals surface area (Å²) in [5, 5.41) is 0. The molecule has 1 spiro atoms. The highest BCUT2D eigenvalue weighted by atomic mass is 15.3. The first-order chi connectivity index (χ1) is 8.61. The monoisotopic (exact) mass is 244 g/mol. The van der Waals surface area contributed by atoms with Crippen molar-refractivity contribution in [2.45, 2.75) is 38.6 Å². The standard InChI is InChI=1S/C16H24N2/c1-13-4-5-15(14(2)12-13)18-10-7-16(8-11-18)6-9-17(16)3/h4-5,12H,6-11H2,1-3H3. The second-order valence-electron chi connectivity index (χ2n) is 6.17. The van der Waals surface area contributed by atoms with Gasteiger partial charge in [0.15, 0.2) is 0 Å². The van der Waals surface area contributed by atoms with E-state index in [-0.39, 0.29) is 0 Å². The lowest BCUT2D eigenvalue weighted by molar-refractivity contribution is -0.00916. The van der Waals surface area contributed by atoms with Crippen LogP contribution >= 0.6 is 0 Å². The number of likely N-dealkylation sites (tertiary alicyclic amines) is 1. The minimum atomic E-state index is 0.551. The van der Waals surface area contributed by atoms with Crippen molar-refractivity contribution in [1.29, 1.82) is 0 Å². The van der Waals surface area contributed by atoms with Gasteiger partial charge in [-0.15, -0.1) is 0 Å². The van der Waals surface area contributed by atoms with Crippen LogP contribution in [0.2, 0.25) is 0 Å². The minimum Gasteiger partial charge on any atom is -0.371 e. The second kappa shape index (κ2) is 4.27. The number of nitrogens with zero attached hydrogens (tertiary/aromatic N) is 2. The van der Waals surface area contributed by atoms with Crippen LogP contribution in [0.3, 0.4) is 0 Å². The molecule has 0 amide bonds. The van der Waals surface area contributed by atoms with Crippen LogP contribution in [0.25, 0.3) is 0 Å². The smallest absolute Gasteiger partial charge is 0.0396 e. The van der Waals surface area contributed by atoms with Crippen LogP contribution in [0.1, 0.15) is 30.4 Å². The number of hydrogen-bond acceptors (Lipinski definition) is 2. The quantitative estimate of drug-likeness (QED) is 0.749. The molecule has 2 fully saturated rings. The van der Waals surface area contributed by atoms with Gasteiger partial charge in [-0.25, -0.2) is 0 Å². The molecule has 98 valence electrons. The molecule has 0 saturated carbocycles. The maximum Gasteiger partial charge on any atom is 0.0396 e. The van der Waals surface area contributed by atoms with Crippen LogP contribution in [-0.2, 0) is 0 Å². The van der Waals surface area contributed by atoms with E-state index in [1.807, 2.05) is 0 Å². The van der Waals surface area contributed by atoms with Crippen molar-refractivity contribution < 1.29 is 0 Å². The first-order valence-corrected chi connectivity index (χ1v) is 7.14. The van der Waals surface area contributed by atoms with Crippen molar-refractivity contribution in [3.05, 3.63) is 29.3 Å². The third-order valence-electron chi connectivity index (χ3n) is 5.11. The summed E-state index contributed by atoms with van der Waals surface area (Å²) in [5.41, 5.74) is 4.78. The van der Waals surface area contributed by atoms with Crippen LogP contribution in [0.5, 0.6) is 0 Å². The molecule has 18 heavy (non-hydrogen) atoms. The van der Waals surface area contributed by atoms with E-state index in [9.17, 15) is 0 Å². The number of hydrogen-bond donors (Lipinski definition) is 0. The third-order valence-corrected chi connectivity index (χ3v) is 5.11. The number of piperidine rings is 1. The molecule has 1 aromatic rings. The molecular weight excluding hydrogens is 220 g/mol. The Balaban J connectivity index is 1.72. The fourth-order valence-electron chi connectivity index (χ4n) is 3.61. The minimum absolute atomic E-state index is 0.551. The van der Waals surface area contributed by atoms with Gasteiger partial charge in [-0.3, -0.25) is 0 Å². The SMILES string of the molecule is Cc1ccc(N2CCC3(CC2)CCN3C)c(C)c1. The molecule has 1 aromatic carbocycles. The summed E-state index contributed by atoms with van der Waals surface area (Å²) >= 11 is 0. The van der Waals surface area contributed by atoms with Gasteiger partial charge < -0.3 is 9.80 Å². The average Bonchev–Trinajstić information content (AvgIpc) is 2.37. The first-order valence-electron chi connectivity index (χ1n) is 7.14. The van der Waals surface area contributed by atoms with E-state index < -0.39 is 0 Å². The second-order valence-corrected chi connectivity index (χ2v) is 6.17. The maximum atomic E-state index is 2.58. The lowest BCUT2D eigenvalue weighted by Crippen LogP contribution is -2.62. The Labute approximate surface area is 111 Å². The molecule has 0 bridgehead atoms. The Morgan fingerprint density at radius 2 is 1.67 bits per heavy atom. The molecule has 0 N–H and O–H groups in total. The zero-order valence-electron chi connectivity index (χ0n) is 11.9. The molecule has 2 heterocycles. The summed E-state index contributed by atoms with van der Waals surface area (Å²) in [6.07, 6.45) is 4.07. The van der Waals surface area contributed by atoms with Crippen molar-refractivity contribution in [1.82, 2.24) is 4.90 Å². The van der Waals surface area contributed by atoms with Gasteiger partial charge in [0.05, 0.1) is 0 Å². The summed E-state index contributed by atoms with van der Waals surface area (Å²) in [4.78, 5) is 5.14. The average molecular weight is 244 g/mol. The molecule has 2 nitrogen and oxygen atoms in total. The topological polar surface area (TPSA) is 6.48 Å². The highest BCUT2D eigenvalue weighted by Crippen LogP contribution is 2.39. The zero-order valence-corrected chi connectivity index (χ0v) is 11.9. The highest BCUT2D eigenvalue weighted by molar-refractivity contribution is 5.54. The summed E-state index contributed by atoms with van der Waals surface area (Å²) < 4.78 is 0. The van der Waals surface area contributed by atoms with E-state index in [2.05, 4.69) is 48.9 Å². The summed E-state index contributed by atoms with van der Waals surface area (Å²) in [6, 6.07) is 6.84. The maximum absolute atomic E-state index is 2.58. The molecule has 2 aliphatic rings. The van der Waals surface area contributed by atoms with Gasteiger partial charge in [0.2, 0.25) is 0 Å². The molecular formula is C16H24N2. The van der Waals surface area contributed by atoms with Crippen LogP contribution in [-0.4, -0.2) is 37.1 Å². The predicted octanol–water partition coefficient (Wildman–Crippen LogP) is 2.98. The van der Waals surface area contributed by atoms with E-state index in [4.69, 9.17) is 0 Å². The molecule has 2 saturated heterocycles. The Morgan fingerprint density at radius 1 is 1.00 bits per heavy atom. The number of benzene rings is 1. The fraction of sp³-hybridized carbons (Fsp3) is 0.625. The summed E-state index contributed by atoms with van der Waals surface area (Å²) in [5.74, 6) is 0.